The van der Waals surface area contributed by atoms with Crippen LogP contribution in [0.25, 0.3) is 11.4 Å². The van der Waals surface area contributed by atoms with E-state index in [1.54, 1.807) is 0 Å². The van der Waals surface area contributed by atoms with Crippen LogP contribution in [0.3, 0.4) is 0 Å². The molecule has 0 amide bonds. The first-order valence-corrected chi connectivity index (χ1v) is 7.67. The van der Waals surface area contributed by atoms with Crippen molar-refractivity contribution in [1.29, 1.82) is 0 Å². The predicted octanol–water partition coefficient (Wildman–Crippen LogP) is 3.27. The summed E-state index contributed by atoms with van der Waals surface area (Å²) in [5.74, 6) is 1.61. The zero-order valence-corrected chi connectivity index (χ0v) is 12.8. The third kappa shape index (κ3) is 3.71. The second kappa shape index (κ2) is 6.41. The maximum atomic E-state index is 6.05. The van der Waals surface area contributed by atoms with Crippen molar-refractivity contribution in [2.75, 3.05) is 18.4 Å². The SMILES string of the molecule is Cc1cc(NC2CCNCC2)nc(-c2cccc(Cl)c2)n1. The maximum absolute atomic E-state index is 6.05. The molecule has 0 saturated carbocycles. The molecule has 0 radical (unpaired) electrons. The second-order valence-electron chi connectivity index (χ2n) is 5.40. The van der Waals surface area contributed by atoms with Gasteiger partial charge in [-0.25, -0.2) is 9.97 Å². The van der Waals surface area contributed by atoms with Crippen LogP contribution in [-0.4, -0.2) is 29.1 Å². The van der Waals surface area contributed by atoms with E-state index in [1.807, 2.05) is 37.3 Å². The molecular formula is C16H19ClN4. The molecule has 5 heteroatoms. The van der Waals surface area contributed by atoms with Gasteiger partial charge in [0.1, 0.15) is 5.82 Å². The van der Waals surface area contributed by atoms with Gasteiger partial charge in [-0.15, -0.1) is 0 Å². The number of nitrogens with one attached hydrogen (secondary N) is 2. The number of aryl methyl sites for hydroxylation is 1. The van der Waals surface area contributed by atoms with Crippen LogP contribution < -0.4 is 10.6 Å². The zero-order chi connectivity index (χ0) is 14.7. The molecule has 2 aromatic rings. The lowest BCUT2D eigenvalue weighted by Crippen LogP contribution is -2.35. The largest absolute Gasteiger partial charge is 0.367 e. The second-order valence-corrected chi connectivity index (χ2v) is 5.83. The molecule has 4 nitrogen and oxygen atoms in total. The fourth-order valence-electron chi connectivity index (χ4n) is 2.57. The molecule has 1 aromatic heterocycles. The molecule has 2 heterocycles. The summed E-state index contributed by atoms with van der Waals surface area (Å²) in [5.41, 5.74) is 1.90. The average molecular weight is 303 g/mol. The van der Waals surface area contributed by atoms with Gasteiger partial charge in [-0.05, 0) is 45.0 Å². The van der Waals surface area contributed by atoms with Gasteiger partial charge in [-0.1, -0.05) is 23.7 Å². The number of aromatic nitrogens is 2. The molecule has 0 atom stereocenters. The van der Waals surface area contributed by atoms with Crippen LogP contribution in [0.5, 0.6) is 0 Å². The van der Waals surface area contributed by atoms with E-state index in [4.69, 9.17) is 11.6 Å². The number of hydrogen-bond donors (Lipinski definition) is 2. The van der Waals surface area contributed by atoms with E-state index in [2.05, 4.69) is 20.6 Å². The number of anilines is 1. The quantitative estimate of drug-likeness (QED) is 0.913. The highest BCUT2D eigenvalue weighted by Gasteiger charge is 2.14. The Hall–Kier alpha value is -1.65. The van der Waals surface area contributed by atoms with Crippen molar-refractivity contribution < 1.29 is 0 Å². The summed E-state index contributed by atoms with van der Waals surface area (Å²) in [6, 6.07) is 10.1. The van der Waals surface area contributed by atoms with Gasteiger partial charge in [-0.3, -0.25) is 0 Å². The first-order chi connectivity index (χ1) is 10.2. The van der Waals surface area contributed by atoms with Crippen molar-refractivity contribution in [2.45, 2.75) is 25.8 Å². The minimum Gasteiger partial charge on any atom is -0.367 e. The van der Waals surface area contributed by atoms with Gasteiger partial charge in [0.25, 0.3) is 0 Å². The van der Waals surface area contributed by atoms with Gasteiger partial charge in [0.15, 0.2) is 5.82 Å². The van der Waals surface area contributed by atoms with E-state index in [0.717, 1.165) is 43.0 Å². The highest BCUT2D eigenvalue weighted by molar-refractivity contribution is 6.30. The predicted molar refractivity (Wildman–Crippen MR) is 86.7 cm³/mol. The highest BCUT2D eigenvalue weighted by Crippen LogP contribution is 2.22. The number of hydrogen-bond acceptors (Lipinski definition) is 4. The van der Waals surface area contributed by atoms with Crippen molar-refractivity contribution in [1.82, 2.24) is 15.3 Å². The van der Waals surface area contributed by atoms with Gasteiger partial charge in [0, 0.05) is 28.4 Å². The molecule has 1 aliphatic rings. The number of halogens is 1. The van der Waals surface area contributed by atoms with E-state index >= 15 is 0 Å². The first kappa shape index (κ1) is 14.3. The first-order valence-electron chi connectivity index (χ1n) is 7.29. The molecule has 1 fully saturated rings. The average Bonchev–Trinajstić information content (AvgIpc) is 2.48. The van der Waals surface area contributed by atoms with Crippen LogP contribution in [-0.2, 0) is 0 Å². The fourth-order valence-corrected chi connectivity index (χ4v) is 2.76. The Morgan fingerprint density at radius 2 is 2.00 bits per heavy atom. The summed E-state index contributed by atoms with van der Waals surface area (Å²) in [6.45, 7) is 4.11. The molecule has 0 spiro atoms. The number of piperidine rings is 1. The Labute approximate surface area is 130 Å². The van der Waals surface area contributed by atoms with Crippen molar-refractivity contribution >= 4 is 17.4 Å². The normalized spacial score (nSPS) is 15.9. The molecule has 0 unspecified atom stereocenters. The summed E-state index contributed by atoms with van der Waals surface area (Å²) < 4.78 is 0. The lowest BCUT2D eigenvalue weighted by molar-refractivity contribution is 0.478. The molecule has 21 heavy (non-hydrogen) atoms. The molecule has 3 rings (SSSR count). The molecule has 1 saturated heterocycles. The Balaban J connectivity index is 1.85. The molecule has 110 valence electrons. The Morgan fingerprint density at radius 1 is 1.19 bits per heavy atom. The van der Waals surface area contributed by atoms with E-state index in [-0.39, 0.29) is 0 Å². The smallest absolute Gasteiger partial charge is 0.161 e. The van der Waals surface area contributed by atoms with E-state index < -0.39 is 0 Å². The minimum absolute atomic E-state index is 0.479. The van der Waals surface area contributed by atoms with Crippen LogP contribution in [0.15, 0.2) is 30.3 Å². The summed E-state index contributed by atoms with van der Waals surface area (Å²) in [7, 11) is 0. The molecule has 0 aliphatic carbocycles. The van der Waals surface area contributed by atoms with Crippen molar-refractivity contribution in [3.05, 3.63) is 41.0 Å². The van der Waals surface area contributed by atoms with E-state index in [9.17, 15) is 0 Å². The Morgan fingerprint density at radius 3 is 2.76 bits per heavy atom. The lowest BCUT2D eigenvalue weighted by Gasteiger charge is -2.24. The van der Waals surface area contributed by atoms with Gasteiger partial charge in [0.05, 0.1) is 0 Å². The third-order valence-electron chi connectivity index (χ3n) is 3.63. The Bertz CT molecular complexity index is 623. The fraction of sp³-hybridized carbons (Fsp3) is 0.375. The van der Waals surface area contributed by atoms with Gasteiger partial charge < -0.3 is 10.6 Å². The number of rotatable bonds is 3. The van der Waals surface area contributed by atoms with E-state index in [0.29, 0.717) is 16.9 Å². The summed E-state index contributed by atoms with van der Waals surface area (Å²) in [5, 5.41) is 7.59. The lowest BCUT2D eigenvalue weighted by atomic mass is 10.1. The summed E-state index contributed by atoms with van der Waals surface area (Å²) >= 11 is 6.05. The minimum atomic E-state index is 0.479. The highest BCUT2D eigenvalue weighted by atomic mass is 35.5. The van der Waals surface area contributed by atoms with E-state index in [1.165, 1.54) is 0 Å². The Kier molecular flexibility index (Phi) is 4.36. The van der Waals surface area contributed by atoms with Crippen LogP contribution in [0, 0.1) is 6.92 Å². The summed E-state index contributed by atoms with van der Waals surface area (Å²) in [4.78, 5) is 9.15. The molecule has 1 aromatic carbocycles. The van der Waals surface area contributed by atoms with Crippen LogP contribution in [0.1, 0.15) is 18.5 Å². The van der Waals surface area contributed by atoms with Gasteiger partial charge >= 0.3 is 0 Å². The van der Waals surface area contributed by atoms with Crippen LogP contribution >= 0.6 is 11.6 Å². The summed E-state index contributed by atoms with van der Waals surface area (Å²) in [6.07, 6.45) is 2.24. The standard InChI is InChI=1S/C16H19ClN4/c1-11-9-15(20-14-5-7-18-8-6-14)21-16(19-11)12-3-2-4-13(17)10-12/h2-4,9-10,14,18H,5-8H2,1H3,(H,19,20,21). The van der Waals surface area contributed by atoms with Gasteiger partial charge in [0.2, 0.25) is 0 Å². The van der Waals surface area contributed by atoms with Gasteiger partial charge in [-0.2, -0.15) is 0 Å². The topological polar surface area (TPSA) is 49.8 Å². The maximum Gasteiger partial charge on any atom is 0.161 e. The van der Waals surface area contributed by atoms with Crippen molar-refractivity contribution in [2.24, 2.45) is 0 Å². The van der Waals surface area contributed by atoms with Crippen LogP contribution in [0.4, 0.5) is 5.82 Å². The van der Waals surface area contributed by atoms with Crippen molar-refractivity contribution in [3.8, 4) is 11.4 Å². The number of benzene rings is 1. The van der Waals surface area contributed by atoms with Crippen molar-refractivity contribution in [3.63, 3.8) is 0 Å². The molecule has 0 bridgehead atoms. The van der Waals surface area contributed by atoms with Crippen LogP contribution in [0.2, 0.25) is 5.02 Å². The third-order valence-corrected chi connectivity index (χ3v) is 3.86. The molecular weight excluding hydrogens is 284 g/mol. The number of nitrogens with zero attached hydrogens (tertiary/aromatic N) is 2. The molecule has 2 N–H and O–H groups in total. The monoisotopic (exact) mass is 302 g/mol. The molecule has 1 aliphatic heterocycles. The zero-order valence-electron chi connectivity index (χ0n) is 12.1.